The maximum Gasteiger partial charge on any atom is 0.272 e. The summed E-state index contributed by atoms with van der Waals surface area (Å²) in [5, 5.41) is 0. The van der Waals surface area contributed by atoms with E-state index in [0.717, 1.165) is 0 Å². The molecule has 1 rings (SSSR count). The predicted octanol–water partition coefficient (Wildman–Crippen LogP) is 0.245. The highest BCUT2D eigenvalue weighted by Gasteiger charge is 1.89. The number of nitrogens with zero attached hydrogens (tertiary/aromatic N) is 2. The van der Waals surface area contributed by atoms with Crippen LogP contribution >= 0.6 is 12.8 Å². The molecule has 0 aliphatic heterocycles. The fraction of sp³-hybridized carbons (Fsp3) is 0.200. The highest BCUT2D eigenvalue weighted by molar-refractivity contribution is 7.78. The lowest BCUT2D eigenvalue weighted by Gasteiger charge is -1.96. The molecular formula is C5H6N2OS. The summed E-state index contributed by atoms with van der Waals surface area (Å²) in [6, 6.07) is 1.36. The van der Waals surface area contributed by atoms with Gasteiger partial charge in [-0.1, -0.05) is 12.8 Å². The standard InChI is InChI=1S/C5H6N2OS/c1-4-6-5(8)2-3-7(4)9/h2-3,9H,1H3. The Hall–Kier alpha value is -0.770. The third-order valence-corrected chi connectivity index (χ3v) is 1.38. The van der Waals surface area contributed by atoms with Crippen LogP contribution in [-0.2, 0) is 0 Å². The van der Waals surface area contributed by atoms with Crippen LogP contribution in [-0.4, -0.2) is 8.96 Å². The Bertz CT molecular complexity index is 268. The summed E-state index contributed by atoms with van der Waals surface area (Å²) < 4.78 is 1.49. The minimum atomic E-state index is -0.224. The molecule has 0 unspecified atom stereocenters. The van der Waals surface area contributed by atoms with Crippen LogP contribution in [0.15, 0.2) is 17.1 Å². The molecule has 1 aromatic rings. The number of aryl methyl sites for hydroxylation is 1. The molecule has 0 N–H and O–H groups in total. The Morgan fingerprint density at radius 1 is 1.78 bits per heavy atom. The van der Waals surface area contributed by atoms with Crippen LogP contribution in [0.3, 0.4) is 0 Å². The van der Waals surface area contributed by atoms with E-state index in [-0.39, 0.29) is 5.56 Å². The summed E-state index contributed by atoms with van der Waals surface area (Å²) >= 11 is 3.96. The Balaban J connectivity index is 3.34. The van der Waals surface area contributed by atoms with E-state index in [9.17, 15) is 4.79 Å². The maximum atomic E-state index is 10.5. The molecule has 3 nitrogen and oxygen atoms in total. The lowest BCUT2D eigenvalue weighted by molar-refractivity contribution is 0.981. The largest absolute Gasteiger partial charge is 0.282 e. The van der Waals surface area contributed by atoms with Gasteiger partial charge in [0.2, 0.25) is 0 Å². The van der Waals surface area contributed by atoms with Gasteiger partial charge in [0.05, 0.1) is 0 Å². The van der Waals surface area contributed by atoms with E-state index < -0.39 is 0 Å². The van der Waals surface area contributed by atoms with Crippen molar-refractivity contribution in [3.8, 4) is 0 Å². The lowest BCUT2D eigenvalue weighted by atomic mass is 10.6. The van der Waals surface area contributed by atoms with Crippen LogP contribution in [0.5, 0.6) is 0 Å². The highest BCUT2D eigenvalue weighted by Crippen LogP contribution is 1.89. The number of thiol groups is 1. The predicted molar refractivity (Wildman–Crippen MR) is 37.6 cm³/mol. The fourth-order valence-corrected chi connectivity index (χ4v) is 0.602. The van der Waals surface area contributed by atoms with Gasteiger partial charge in [0.25, 0.3) is 5.56 Å². The molecule has 0 radical (unpaired) electrons. The Morgan fingerprint density at radius 2 is 2.44 bits per heavy atom. The van der Waals surface area contributed by atoms with Crippen molar-refractivity contribution in [3.63, 3.8) is 0 Å². The molecule has 0 fully saturated rings. The van der Waals surface area contributed by atoms with E-state index in [1.54, 1.807) is 13.1 Å². The van der Waals surface area contributed by atoms with Crippen molar-refractivity contribution in [1.29, 1.82) is 0 Å². The highest BCUT2D eigenvalue weighted by atomic mass is 32.1. The average molecular weight is 142 g/mol. The van der Waals surface area contributed by atoms with Gasteiger partial charge < -0.3 is 0 Å². The zero-order valence-corrected chi connectivity index (χ0v) is 5.80. The quantitative estimate of drug-likeness (QED) is 0.527. The van der Waals surface area contributed by atoms with Gasteiger partial charge in [0.15, 0.2) is 0 Å². The van der Waals surface area contributed by atoms with E-state index in [1.165, 1.54) is 10.0 Å². The van der Waals surface area contributed by atoms with Gasteiger partial charge in [-0.15, -0.1) is 0 Å². The molecule has 1 heterocycles. The van der Waals surface area contributed by atoms with Gasteiger partial charge in [-0.2, -0.15) is 4.98 Å². The fourth-order valence-electron chi connectivity index (χ4n) is 0.490. The molecule has 0 aliphatic rings. The lowest BCUT2D eigenvalue weighted by Crippen LogP contribution is -2.08. The molecule has 0 aliphatic carbocycles. The second-order valence-electron chi connectivity index (χ2n) is 1.66. The first kappa shape index (κ1) is 6.35. The molecule has 4 heteroatoms. The van der Waals surface area contributed by atoms with Crippen molar-refractivity contribution < 1.29 is 0 Å². The molecular weight excluding hydrogens is 136 g/mol. The van der Waals surface area contributed by atoms with Gasteiger partial charge in [0.1, 0.15) is 5.82 Å². The summed E-state index contributed by atoms with van der Waals surface area (Å²) in [5.74, 6) is 0.603. The second kappa shape index (κ2) is 2.23. The molecule has 0 saturated heterocycles. The molecule has 1 aromatic heterocycles. The zero-order valence-electron chi connectivity index (χ0n) is 4.90. The minimum absolute atomic E-state index is 0.224. The SMILES string of the molecule is Cc1nc(=O)ccn1S. The minimum Gasteiger partial charge on any atom is -0.282 e. The van der Waals surface area contributed by atoms with Crippen molar-refractivity contribution in [2.75, 3.05) is 0 Å². The average Bonchev–Trinajstić information content (AvgIpc) is 1.80. The first-order chi connectivity index (χ1) is 4.20. The van der Waals surface area contributed by atoms with Crippen LogP contribution in [0.1, 0.15) is 5.82 Å². The smallest absolute Gasteiger partial charge is 0.272 e. The van der Waals surface area contributed by atoms with E-state index in [2.05, 4.69) is 17.8 Å². The molecule has 0 saturated carbocycles. The van der Waals surface area contributed by atoms with E-state index in [1.807, 2.05) is 0 Å². The summed E-state index contributed by atoms with van der Waals surface area (Å²) in [7, 11) is 0. The van der Waals surface area contributed by atoms with Gasteiger partial charge >= 0.3 is 0 Å². The Kier molecular flexibility index (Phi) is 1.57. The van der Waals surface area contributed by atoms with Crippen LogP contribution in [0, 0.1) is 6.92 Å². The van der Waals surface area contributed by atoms with Crippen LogP contribution in [0.25, 0.3) is 0 Å². The van der Waals surface area contributed by atoms with Gasteiger partial charge in [-0.05, 0) is 6.92 Å². The number of rotatable bonds is 0. The number of aromatic nitrogens is 2. The van der Waals surface area contributed by atoms with Crippen LogP contribution in [0.2, 0.25) is 0 Å². The second-order valence-corrected chi connectivity index (χ2v) is 2.09. The third kappa shape index (κ3) is 1.32. The van der Waals surface area contributed by atoms with E-state index in [0.29, 0.717) is 5.82 Å². The summed E-state index contributed by atoms with van der Waals surface area (Å²) in [5.41, 5.74) is -0.224. The molecule has 0 aromatic carbocycles. The summed E-state index contributed by atoms with van der Waals surface area (Å²) in [6.07, 6.45) is 1.56. The first-order valence-electron chi connectivity index (χ1n) is 2.46. The Labute approximate surface area is 57.9 Å². The van der Waals surface area contributed by atoms with E-state index >= 15 is 0 Å². The van der Waals surface area contributed by atoms with Gasteiger partial charge in [0, 0.05) is 12.3 Å². The van der Waals surface area contributed by atoms with Crippen molar-refractivity contribution in [2.24, 2.45) is 0 Å². The Morgan fingerprint density at radius 3 is 2.89 bits per heavy atom. The normalized spacial score (nSPS) is 9.56. The van der Waals surface area contributed by atoms with Crippen molar-refractivity contribution >= 4 is 12.8 Å². The van der Waals surface area contributed by atoms with Crippen molar-refractivity contribution in [2.45, 2.75) is 6.92 Å². The maximum absolute atomic E-state index is 10.5. The van der Waals surface area contributed by atoms with E-state index in [4.69, 9.17) is 0 Å². The first-order valence-corrected chi connectivity index (χ1v) is 2.86. The topological polar surface area (TPSA) is 34.9 Å². The third-order valence-electron chi connectivity index (χ3n) is 0.962. The van der Waals surface area contributed by atoms with Crippen molar-refractivity contribution in [1.82, 2.24) is 8.96 Å². The molecule has 0 bridgehead atoms. The molecule has 0 atom stereocenters. The molecule has 48 valence electrons. The number of hydrogen-bond acceptors (Lipinski definition) is 3. The van der Waals surface area contributed by atoms with Crippen molar-refractivity contribution in [3.05, 3.63) is 28.4 Å². The van der Waals surface area contributed by atoms with Crippen LogP contribution < -0.4 is 5.56 Å². The summed E-state index contributed by atoms with van der Waals surface area (Å²) in [4.78, 5) is 14.1. The molecule has 0 spiro atoms. The number of hydrogen-bond donors (Lipinski definition) is 1. The molecule has 9 heavy (non-hydrogen) atoms. The monoisotopic (exact) mass is 142 g/mol. The summed E-state index contributed by atoms with van der Waals surface area (Å²) in [6.45, 7) is 1.72. The van der Waals surface area contributed by atoms with Gasteiger partial charge in [-0.3, -0.25) is 8.77 Å². The van der Waals surface area contributed by atoms with Gasteiger partial charge in [-0.25, -0.2) is 0 Å². The zero-order chi connectivity index (χ0) is 6.85. The van der Waals surface area contributed by atoms with Crippen LogP contribution in [0.4, 0.5) is 0 Å². The molecule has 0 amide bonds.